The monoisotopic (exact) mass is 244 g/mol. The number of nitrogens with one attached hydrogen (secondary N) is 1. The number of aromatic amines is 1. The van der Waals surface area contributed by atoms with E-state index in [0.29, 0.717) is 12.1 Å². The number of amides is 1. The third kappa shape index (κ3) is 1.88. The lowest BCUT2D eigenvalue weighted by molar-refractivity contribution is 0.0475. The van der Waals surface area contributed by atoms with Crippen LogP contribution in [0, 0.1) is 0 Å². The second kappa shape index (κ2) is 4.46. The van der Waals surface area contributed by atoms with Crippen molar-refractivity contribution in [3.63, 3.8) is 0 Å². The van der Waals surface area contributed by atoms with Gasteiger partial charge in [0, 0.05) is 24.7 Å². The van der Waals surface area contributed by atoms with Gasteiger partial charge in [0.2, 0.25) is 0 Å². The third-order valence-corrected chi connectivity index (χ3v) is 3.50. The highest BCUT2D eigenvalue weighted by molar-refractivity contribution is 6.05. The maximum atomic E-state index is 12.5. The van der Waals surface area contributed by atoms with Gasteiger partial charge in [-0.3, -0.25) is 4.79 Å². The zero-order valence-corrected chi connectivity index (χ0v) is 10.1. The van der Waals surface area contributed by atoms with Crippen molar-refractivity contribution < 1.29 is 9.90 Å². The molecule has 94 valence electrons. The van der Waals surface area contributed by atoms with E-state index in [1.54, 1.807) is 4.90 Å². The number of nitrogens with zero attached hydrogens (tertiary/aromatic N) is 1. The summed E-state index contributed by atoms with van der Waals surface area (Å²) in [5.74, 6) is 0.00167. The number of likely N-dealkylation sites (tertiary alicyclic amines) is 1. The third-order valence-electron chi connectivity index (χ3n) is 3.50. The van der Waals surface area contributed by atoms with Gasteiger partial charge in [0.25, 0.3) is 5.91 Å². The van der Waals surface area contributed by atoms with Crippen LogP contribution in [0.3, 0.4) is 0 Å². The summed E-state index contributed by atoms with van der Waals surface area (Å²) in [6, 6.07) is 7.66. The highest BCUT2D eigenvalue weighted by atomic mass is 16.3. The number of aromatic nitrogens is 1. The van der Waals surface area contributed by atoms with E-state index < -0.39 is 0 Å². The first-order valence-electron chi connectivity index (χ1n) is 6.29. The molecule has 0 saturated carbocycles. The van der Waals surface area contributed by atoms with Crippen LogP contribution in [0.2, 0.25) is 0 Å². The summed E-state index contributed by atoms with van der Waals surface area (Å²) < 4.78 is 0. The lowest BCUT2D eigenvalue weighted by atomic mass is 10.1. The Hall–Kier alpha value is -1.81. The summed E-state index contributed by atoms with van der Waals surface area (Å²) in [6.07, 6.45) is 3.11. The summed E-state index contributed by atoms with van der Waals surface area (Å²) in [7, 11) is 0. The Kier molecular flexibility index (Phi) is 2.80. The number of hydrogen-bond donors (Lipinski definition) is 2. The van der Waals surface area contributed by atoms with Crippen LogP contribution in [0.1, 0.15) is 23.2 Å². The Labute approximate surface area is 105 Å². The Morgan fingerprint density at radius 3 is 3.11 bits per heavy atom. The van der Waals surface area contributed by atoms with Crippen LogP contribution in [-0.4, -0.2) is 40.1 Å². The largest absolute Gasteiger partial charge is 0.391 e. The van der Waals surface area contributed by atoms with Gasteiger partial charge in [-0.1, -0.05) is 12.1 Å². The van der Waals surface area contributed by atoms with Crippen LogP contribution in [0.15, 0.2) is 30.5 Å². The first kappa shape index (κ1) is 11.3. The molecule has 1 saturated heterocycles. The summed E-state index contributed by atoms with van der Waals surface area (Å²) in [6.45, 7) is 1.17. The van der Waals surface area contributed by atoms with Crippen LogP contribution in [0.5, 0.6) is 0 Å². The number of rotatable bonds is 1. The molecule has 1 atom stereocenters. The van der Waals surface area contributed by atoms with Gasteiger partial charge in [-0.05, 0) is 25.0 Å². The van der Waals surface area contributed by atoms with Gasteiger partial charge < -0.3 is 15.0 Å². The minimum atomic E-state index is -0.384. The molecule has 0 spiro atoms. The van der Waals surface area contributed by atoms with Crippen molar-refractivity contribution >= 4 is 16.8 Å². The summed E-state index contributed by atoms with van der Waals surface area (Å²) in [5, 5.41) is 10.7. The fraction of sp³-hybridized carbons (Fsp3) is 0.357. The Morgan fingerprint density at radius 2 is 2.28 bits per heavy atom. The number of aliphatic hydroxyl groups is 1. The number of aliphatic hydroxyl groups excluding tert-OH is 1. The lowest BCUT2D eigenvalue weighted by Crippen LogP contribution is -2.42. The number of carbonyl (C=O) groups excluding carboxylic acids is 1. The van der Waals surface area contributed by atoms with Crippen molar-refractivity contribution in [2.75, 3.05) is 13.1 Å². The number of piperidine rings is 1. The van der Waals surface area contributed by atoms with E-state index in [-0.39, 0.29) is 12.0 Å². The zero-order valence-electron chi connectivity index (χ0n) is 10.1. The van der Waals surface area contributed by atoms with E-state index in [4.69, 9.17) is 0 Å². The van der Waals surface area contributed by atoms with Gasteiger partial charge in [0.1, 0.15) is 0 Å². The summed E-state index contributed by atoms with van der Waals surface area (Å²) in [4.78, 5) is 17.3. The second-order valence-corrected chi connectivity index (χ2v) is 4.79. The predicted octanol–water partition coefficient (Wildman–Crippen LogP) is 1.76. The molecular formula is C14H16N2O2. The molecule has 2 aromatic rings. The van der Waals surface area contributed by atoms with Crippen molar-refractivity contribution in [1.29, 1.82) is 0 Å². The fourth-order valence-electron chi connectivity index (χ4n) is 2.57. The van der Waals surface area contributed by atoms with E-state index >= 15 is 0 Å². The molecule has 1 aromatic carbocycles. The molecule has 1 fully saturated rings. The summed E-state index contributed by atoms with van der Waals surface area (Å²) in [5.41, 5.74) is 1.56. The molecule has 1 unspecified atom stereocenters. The molecule has 2 N–H and O–H groups in total. The van der Waals surface area contributed by atoms with Crippen LogP contribution in [-0.2, 0) is 0 Å². The molecule has 1 amide bonds. The van der Waals surface area contributed by atoms with E-state index in [1.807, 2.05) is 30.5 Å². The molecule has 4 heteroatoms. The number of para-hydroxylation sites is 1. The average molecular weight is 244 g/mol. The minimum Gasteiger partial charge on any atom is -0.391 e. The molecule has 0 aliphatic carbocycles. The fourth-order valence-corrected chi connectivity index (χ4v) is 2.57. The first-order valence-corrected chi connectivity index (χ1v) is 6.29. The highest BCUT2D eigenvalue weighted by Crippen LogP contribution is 2.20. The average Bonchev–Trinajstić information content (AvgIpc) is 2.86. The number of H-pyrrole nitrogens is 1. The molecular weight excluding hydrogens is 228 g/mol. The lowest BCUT2D eigenvalue weighted by Gasteiger charge is -2.30. The Balaban J connectivity index is 1.94. The Bertz CT molecular complexity index is 576. The Morgan fingerprint density at radius 1 is 1.39 bits per heavy atom. The van der Waals surface area contributed by atoms with Crippen LogP contribution >= 0.6 is 0 Å². The smallest absolute Gasteiger partial charge is 0.256 e. The number of benzene rings is 1. The molecule has 1 aliphatic heterocycles. The number of β-amino-alcohol motifs (C(OH)–C–C–N with tert-alkyl or cyclic N) is 1. The van der Waals surface area contributed by atoms with Gasteiger partial charge in [-0.25, -0.2) is 0 Å². The second-order valence-electron chi connectivity index (χ2n) is 4.79. The maximum Gasteiger partial charge on any atom is 0.256 e. The summed E-state index contributed by atoms with van der Waals surface area (Å²) >= 11 is 0. The molecule has 2 heterocycles. The quantitative estimate of drug-likeness (QED) is 0.803. The topological polar surface area (TPSA) is 56.3 Å². The van der Waals surface area contributed by atoms with Gasteiger partial charge in [0.15, 0.2) is 0 Å². The first-order chi connectivity index (χ1) is 8.75. The van der Waals surface area contributed by atoms with Gasteiger partial charge in [-0.15, -0.1) is 0 Å². The SMILES string of the molecule is O=C(c1cccc2cc[nH]c12)N1CCCC(O)C1. The van der Waals surface area contributed by atoms with E-state index in [2.05, 4.69) is 4.98 Å². The number of carbonyl (C=O) groups is 1. The molecule has 0 bridgehead atoms. The number of fused-ring (bicyclic) bond motifs is 1. The van der Waals surface area contributed by atoms with Crippen molar-refractivity contribution in [3.05, 3.63) is 36.0 Å². The van der Waals surface area contributed by atoms with Crippen molar-refractivity contribution in [1.82, 2.24) is 9.88 Å². The van der Waals surface area contributed by atoms with Gasteiger partial charge in [-0.2, -0.15) is 0 Å². The predicted molar refractivity (Wildman–Crippen MR) is 69.4 cm³/mol. The molecule has 18 heavy (non-hydrogen) atoms. The van der Waals surface area contributed by atoms with Gasteiger partial charge in [0.05, 0.1) is 17.2 Å². The van der Waals surface area contributed by atoms with Crippen LogP contribution < -0.4 is 0 Å². The van der Waals surface area contributed by atoms with E-state index in [1.165, 1.54) is 0 Å². The van der Waals surface area contributed by atoms with Crippen molar-refractivity contribution in [3.8, 4) is 0 Å². The van der Waals surface area contributed by atoms with Crippen LogP contribution in [0.4, 0.5) is 0 Å². The zero-order chi connectivity index (χ0) is 12.5. The number of hydrogen-bond acceptors (Lipinski definition) is 2. The highest BCUT2D eigenvalue weighted by Gasteiger charge is 2.24. The normalized spacial score (nSPS) is 20.3. The molecule has 0 radical (unpaired) electrons. The van der Waals surface area contributed by atoms with Crippen molar-refractivity contribution in [2.24, 2.45) is 0 Å². The van der Waals surface area contributed by atoms with Gasteiger partial charge >= 0.3 is 0 Å². The van der Waals surface area contributed by atoms with Crippen molar-refractivity contribution in [2.45, 2.75) is 18.9 Å². The van der Waals surface area contributed by atoms with E-state index in [9.17, 15) is 9.90 Å². The van der Waals surface area contributed by atoms with Crippen LogP contribution in [0.25, 0.3) is 10.9 Å². The maximum absolute atomic E-state index is 12.5. The van der Waals surface area contributed by atoms with E-state index in [0.717, 1.165) is 30.3 Å². The standard InChI is InChI=1S/C14H16N2O2/c17-11-4-2-8-16(9-11)14(18)12-5-1-3-10-6-7-15-13(10)12/h1,3,5-7,11,15,17H,2,4,8-9H2. The molecule has 3 rings (SSSR count). The molecule has 1 aliphatic rings. The molecule has 1 aromatic heterocycles. The minimum absolute atomic E-state index is 0.00167. The molecule has 4 nitrogen and oxygen atoms in total.